The highest BCUT2D eigenvalue weighted by Gasteiger charge is 2.21. The zero-order valence-corrected chi connectivity index (χ0v) is 10.6. The zero-order chi connectivity index (χ0) is 11.4. The molecule has 82 valence electrons. The van der Waals surface area contributed by atoms with E-state index in [1.54, 1.807) is 18.2 Å². The van der Waals surface area contributed by atoms with E-state index in [1.807, 2.05) is 0 Å². The van der Waals surface area contributed by atoms with Gasteiger partial charge in [-0.05, 0) is 18.2 Å². The molecule has 0 unspecified atom stereocenters. The lowest BCUT2D eigenvalue weighted by molar-refractivity contribution is -0.139. The number of methoxy groups -OCH3 is 2. The molecule has 0 fully saturated rings. The highest BCUT2D eigenvalue weighted by molar-refractivity contribution is 9.09. The van der Waals surface area contributed by atoms with Crippen LogP contribution in [0.2, 0.25) is 5.02 Å². The molecule has 0 aliphatic rings. The Morgan fingerprint density at radius 2 is 2.13 bits per heavy atom. The second-order valence-corrected chi connectivity index (χ2v) is 4.12. The van der Waals surface area contributed by atoms with Crippen molar-refractivity contribution in [2.24, 2.45) is 0 Å². The van der Waals surface area contributed by atoms with Gasteiger partial charge in [-0.2, -0.15) is 0 Å². The van der Waals surface area contributed by atoms with Crippen molar-refractivity contribution in [3.05, 3.63) is 28.8 Å². The molecule has 3 nitrogen and oxygen atoms in total. The Morgan fingerprint density at radius 3 is 2.67 bits per heavy atom. The molecule has 1 rings (SSSR count). The van der Waals surface area contributed by atoms with E-state index in [1.165, 1.54) is 14.2 Å². The first-order chi connectivity index (χ1) is 7.10. The highest BCUT2D eigenvalue weighted by atomic mass is 79.9. The SMILES string of the molecule is COC(=O)[C@H](Br)c1cc(Cl)ccc1OC. The third kappa shape index (κ3) is 2.86. The average Bonchev–Trinajstić information content (AvgIpc) is 2.27. The maximum absolute atomic E-state index is 11.3. The summed E-state index contributed by atoms with van der Waals surface area (Å²) in [4.78, 5) is 10.8. The molecule has 1 atom stereocenters. The van der Waals surface area contributed by atoms with E-state index < -0.39 is 10.8 Å². The summed E-state index contributed by atoms with van der Waals surface area (Å²) in [6.45, 7) is 0. The van der Waals surface area contributed by atoms with Gasteiger partial charge in [-0.1, -0.05) is 27.5 Å². The standard InChI is InChI=1S/C10H10BrClO3/c1-14-8-4-3-6(12)5-7(8)9(11)10(13)15-2/h3-5,9H,1-2H3/t9-/m1/s1. The highest BCUT2D eigenvalue weighted by Crippen LogP contribution is 2.33. The molecule has 1 aromatic carbocycles. The molecular weight excluding hydrogens is 283 g/mol. The first kappa shape index (κ1) is 12.3. The van der Waals surface area contributed by atoms with Crippen LogP contribution in [0.1, 0.15) is 10.4 Å². The lowest BCUT2D eigenvalue weighted by Gasteiger charge is -2.12. The first-order valence-corrected chi connectivity index (χ1v) is 5.45. The van der Waals surface area contributed by atoms with Crippen molar-refractivity contribution >= 4 is 33.5 Å². The number of hydrogen-bond donors (Lipinski definition) is 0. The molecule has 5 heteroatoms. The molecule has 0 aliphatic carbocycles. The maximum Gasteiger partial charge on any atom is 0.324 e. The Morgan fingerprint density at radius 1 is 1.47 bits per heavy atom. The second-order valence-electron chi connectivity index (χ2n) is 2.77. The topological polar surface area (TPSA) is 35.5 Å². The van der Waals surface area contributed by atoms with Crippen LogP contribution in [0.5, 0.6) is 5.75 Å². The van der Waals surface area contributed by atoms with Crippen molar-refractivity contribution in [3.8, 4) is 5.75 Å². The van der Waals surface area contributed by atoms with E-state index in [0.29, 0.717) is 16.3 Å². The maximum atomic E-state index is 11.3. The Hall–Kier alpha value is -0.740. The van der Waals surface area contributed by atoms with Gasteiger partial charge in [-0.15, -0.1) is 0 Å². The number of benzene rings is 1. The van der Waals surface area contributed by atoms with E-state index in [9.17, 15) is 4.79 Å². The molecule has 0 N–H and O–H groups in total. The van der Waals surface area contributed by atoms with E-state index >= 15 is 0 Å². The summed E-state index contributed by atoms with van der Waals surface area (Å²) >= 11 is 9.06. The average molecular weight is 294 g/mol. The van der Waals surface area contributed by atoms with E-state index in [0.717, 1.165) is 0 Å². The molecule has 0 heterocycles. The molecule has 0 amide bonds. The number of esters is 1. The molecule has 0 spiro atoms. The number of ether oxygens (including phenoxy) is 2. The molecule has 0 saturated heterocycles. The van der Waals surface area contributed by atoms with Crippen LogP contribution in [0, 0.1) is 0 Å². The molecular formula is C10H10BrClO3. The first-order valence-electron chi connectivity index (χ1n) is 4.15. The van der Waals surface area contributed by atoms with Gasteiger partial charge in [-0.25, -0.2) is 0 Å². The van der Waals surface area contributed by atoms with Gasteiger partial charge in [0, 0.05) is 10.6 Å². The van der Waals surface area contributed by atoms with Crippen molar-refractivity contribution in [2.75, 3.05) is 14.2 Å². The summed E-state index contributed by atoms with van der Waals surface area (Å²) < 4.78 is 9.74. The predicted octanol–water partition coefficient (Wildman–Crippen LogP) is 2.96. The smallest absolute Gasteiger partial charge is 0.324 e. The van der Waals surface area contributed by atoms with E-state index in [4.69, 9.17) is 16.3 Å². The fourth-order valence-corrected chi connectivity index (χ4v) is 1.86. The zero-order valence-electron chi connectivity index (χ0n) is 8.29. The Kier molecular flexibility index (Phi) is 4.42. The van der Waals surface area contributed by atoms with Gasteiger partial charge in [-0.3, -0.25) is 4.79 Å². The van der Waals surface area contributed by atoms with Crippen LogP contribution >= 0.6 is 27.5 Å². The molecule has 0 aliphatic heterocycles. The van der Waals surface area contributed by atoms with E-state index in [-0.39, 0.29) is 0 Å². The van der Waals surface area contributed by atoms with Gasteiger partial charge in [0.2, 0.25) is 0 Å². The van der Waals surface area contributed by atoms with Crippen LogP contribution in [0.25, 0.3) is 0 Å². The van der Waals surface area contributed by atoms with E-state index in [2.05, 4.69) is 20.7 Å². The Bertz CT molecular complexity index is 368. The summed E-state index contributed by atoms with van der Waals surface area (Å²) in [6, 6.07) is 5.06. The normalized spacial score (nSPS) is 12.0. The minimum Gasteiger partial charge on any atom is -0.496 e. The molecule has 0 radical (unpaired) electrons. The molecule has 0 saturated carbocycles. The lowest BCUT2D eigenvalue weighted by Crippen LogP contribution is -2.09. The Balaban J connectivity index is 3.10. The number of carbonyl (C=O) groups is 1. The lowest BCUT2D eigenvalue weighted by atomic mass is 10.1. The summed E-state index contributed by atoms with van der Waals surface area (Å²) in [7, 11) is 2.86. The van der Waals surface area contributed by atoms with Crippen LogP contribution in [-0.2, 0) is 9.53 Å². The van der Waals surface area contributed by atoms with Crippen molar-refractivity contribution in [1.29, 1.82) is 0 Å². The van der Waals surface area contributed by atoms with Crippen molar-refractivity contribution in [1.82, 2.24) is 0 Å². The van der Waals surface area contributed by atoms with Gasteiger partial charge in [0.1, 0.15) is 10.6 Å². The summed E-state index contributed by atoms with van der Waals surface area (Å²) in [5, 5.41) is 0.541. The van der Waals surface area contributed by atoms with Gasteiger partial charge >= 0.3 is 5.97 Å². The molecule has 0 aromatic heterocycles. The van der Waals surface area contributed by atoms with Crippen LogP contribution in [0.4, 0.5) is 0 Å². The predicted molar refractivity (Wildman–Crippen MR) is 61.7 cm³/mol. The van der Waals surface area contributed by atoms with Crippen LogP contribution in [0.3, 0.4) is 0 Å². The third-order valence-electron chi connectivity index (χ3n) is 1.87. The van der Waals surface area contributed by atoms with Gasteiger partial charge in [0.25, 0.3) is 0 Å². The van der Waals surface area contributed by atoms with Crippen LogP contribution in [-0.4, -0.2) is 20.2 Å². The number of hydrogen-bond acceptors (Lipinski definition) is 3. The summed E-state index contributed by atoms with van der Waals surface area (Å²) in [5.41, 5.74) is 0.650. The van der Waals surface area contributed by atoms with Crippen molar-refractivity contribution in [3.63, 3.8) is 0 Å². The molecule has 0 bridgehead atoms. The third-order valence-corrected chi connectivity index (χ3v) is 2.98. The molecule has 1 aromatic rings. The van der Waals surface area contributed by atoms with Gasteiger partial charge in [0.05, 0.1) is 14.2 Å². The van der Waals surface area contributed by atoms with Crippen molar-refractivity contribution in [2.45, 2.75) is 4.83 Å². The number of carbonyl (C=O) groups excluding carboxylic acids is 1. The summed E-state index contributed by atoms with van der Waals surface area (Å²) in [6.07, 6.45) is 0. The second kappa shape index (κ2) is 5.37. The Labute approximate surface area is 101 Å². The van der Waals surface area contributed by atoms with Gasteiger partial charge in [0.15, 0.2) is 0 Å². The summed E-state index contributed by atoms with van der Waals surface area (Å²) in [5.74, 6) is 0.197. The minimum absolute atomic E-state index is 0.393. The number of halogens is 2. The van der Waals surface area contributed by atoms with Crippen LogP contribution in [0.15, 0.2) is 18.2 Å². The van der Waals surface area contributed by atoms with Gasteiger partial charge < -0.3 is 9.47 Å². The minimum atomic E-state index is -0.573. The largest absolute Gasteiger partial charge is 0.496 e. The fraction of sp³-hybridized carbons (Fsp3) is 0.300. The van der Waals surface area contributed by atoms with Crippen molar-refractivity contribution < 1.29 is 14.3 Å². The van der Waals surface area contributed by atoms with Crippen LogP contribution < -0.4 is 4.74 Å². The fourth-order valence-electron chi connectivity index (χ4n) is 1.13. The number of alkyl halides is 1. The number of rotatable bonds is 3. The quantitative estimate of drug-likeness (QED) is 0.635. The monoisotopic (exact) mass is 292 g/mol. The molecule has 15 heavy (non-hydrogen) atoms.